The highest BCUT2D eigenvalue weighted by Crippen LogP contribution is 2.50. The van der Waals surface area contributed by atoms with Crippen LogP contribution in [0, 0.1) is 17.7 Å². The molecule has 0 aromatic heterocycles. The molecule has 1 aliphatic rings. The summed E-state index contributed by atoms with van der Waals surface area (Å²) in [6.45, 7) is 3.44. The first-order valence-corrected chi connectivity index (χ1v) is 7.17. The molecular weight excluding hydrogens is 297 g/mol. The number of rotatable bonds is 5. The SMILES string of the molecule is CC(C)C(NC(=O)C1CC1c1c(F)cccc1Cl)C(=O)O. The minimum Gasteiger partial charge on any atom is -0.480 e. The van der Waals surface area contributed by atoms with Gasteiger partial charge >= 0.3 is 5.97 Å². The smallest absolute Gasteiger partial charge is 0.326 e. The van der Waals surface area contributed by atoms with Crippen LogP contribution in [-0.2, 0) is 9.59 Å². The lowest BCUT2D eigenvalue weighted by atomic mass is 10.0. The standard InChI is InChI=1S/C15H17ClFNO3/c1-7(2)13(15(20)21)18-14(19)9-6-8(9)12-10(16)4-3-5-11(12)17/h3-5,7-9,13H,6H2,1-2H3,(H,18,19)(H,20,21). The molecule has 1 aromatic rings. The Morgan fingerprint density at radius 2 is 2.10 bits per heavy atom. The Morgan fingerprint density at radius 3 is 2.62 bits per heavy atom. The number of hydrogen-bond donors (Lipinski definition) is 2. The van der Waals surface area contributed by atoms with Crippen molar-refractivity contribution in [1.82, 2.24) is 5.32 Å². The predicted molar refractivity (Wildman–Crippen MR) is 76.7 cm³/mol. The molecule has 4 nitrogen and oxygen atoms in total. The Labute approximate surface area is 127 Å². The van der Waals surface area contributed by atoms with Gasteiger partial charge in [-0.15, -0.1) is 0 Å². The van der Waals surface area contributed by atoms with Gasteiger partial charge in [-0.1, -0.05) is 31.5 Å². The van der Waals surface area contributed by atoms with E-state index in [1.165, 1.54) is 12.1 Å². The number of benzene rings is 1. The van der Waals surface area contributed by atoms with Gasteiger partial charge in [0.25, 0.3) is 0 Å². The van der Waals surface area contributed by atoms with Crippen molar-refractivity contribution in [3.63, 3.8) is 0 Å². The summed E-state index contributed by atoms with van der Waals surface area (Å²) in [6, 6.07) is 3.47. The lowest BCUT2D eigenvalue weighted by Crippen LogP contribution is -2.45. The molecule has 1 amide bonds. The lowest BCUT2D eigenvalue weighted by molar-refractivity contribution is -0.143. The second-order valence-corrected chi connectivity index (χ2v) is 6.06. The van der Waals surface area contributed by atoms with Crippen LogP contribution in [-0.4, -0.2) is 23.0 Å². The first-order chi connectivity index (χ1) is 9.82. The van der Waals surface area contributed by atoms with Crippen molar-refractivity contribution in [2.75, 3.05) is 0 Å². The zero-order valence-electron chi connectivity index (χ0n) is 11.8. The quantitative estimate of drug-likeness (QED) is 0.878. The first kappa shape index (κ1) is 15.8. The maximum atomic E-state index is 13.8. The largest absolute Gasteiger partial charge is 0.480 e. The van der Waals surface area contributed by atoms with E-state index in [9.17, 15) is 14.0 Å². The highest BCUT2D eigenvalue weighted by atomic mass is 35.5. The van der Waals surface area contributed by atoms with Crippen LogP contribution in [0.1, 0.15) is 31.7 Å². The molecule has 1 saturated carbocycles. The summed E-state index contributed by atoms with van der Waals surface area (Å²) in [5.41, 5.74) is 0.343. The third-order valence-corrected chi connectivity index (χ3v) is 4.06. The molecule has 6 heteroatoms. The molecule has 114 valence electrons. The Morgan fingerprint density at radius 1 is 1.43 bits per heavy atom. The van der Waals surface area contributed by atoms with Gasteiger partial charge in [-0.2, -0.15) is 0 Å². The third kappa shape index (κ3) is 3.35. The van der Waals surface area contributed by atoms with Crippen LogP contribution in [0.3, 0.4) is 0 Å². The summed E-state index contributed by atoms with van der Waals surface area (Å²) in [5.74, 6) is -2.78. The van der Waals surface area contributed by atoms with Crippen molar-refractivity contribution in [2.24, 2.45) is 11.8 Å². The predicted octanol–water partition coefficient (Wildman–Crippen LogP) is 2.81. The van der Waals surface area contributed by atoms with Crippen molar-refractivity contribution in [3.8, 4) is 0 Å². The fourth-order valence-electron chi connectivity index (χ4n) is 2.44. The van der Waals surface area contributed by atoms with Gasteiger partial charge in [-0.05, 0) is 24.5 Å². The van der Waals surface area contributed by atoms with E-state index < -0.39 is 23.7 Å². The molecule has 2 N–H and O–H groups in total. The summed E-state index contributed by atoms with van der Waals surface area (Å²) < 4.78 is 13.8. The number of halogens is 2. The van der Waals surface area contributed by atoms with Crippen LogP contribution < -0.4 is 5.32 Å². The molecule has 1 aliphatic carbocycles. The van der Waals surface area contributed by atoms with Crippen molar-refractivity contribution in [1.29, 1.82) is 0 Å². The monoisotopic (exact) mass is 313 g/mol. The number of carbonyl (C=O) groups is 2. The van der Waals surface area contributed by atoms with E-state index in [1.54, 1.807) is 19.9 Å². The Bertz CT molecular complexity index is 556. The number of nitrogens with one attached hydrogen (secondary N) is 1. The number of aliphatic carboxylic acids is 1. The highest BCUT2D eigenvalue weighted by Gasteiger charge is 2.47. The molecule has 0 radical (unpaired) electrons. The van der Waals surface area contributed by atoms with E-state index in [2.05, 4.69) is 5.32 Å². The summed E-state index contributed by atoms with van der Waals surface area (Å²) in [6.07, 6.45) is 0.483. The Kier molecular flexibility index (Phi) is 4.52. The van der Waals surface area contributed by atoms with Crippen molar-refractivity contribution < 1.29 is 19.1 Å². The summed E-state index contributed by atoms with van der Waals surface area (Å²) in [5, 5.41) is 11.9. The van der Waals surface area contributed by atoms with Crippen LogP contribution in [0.5, 0.6) is 0 Å². The van der Waals surface area contributed by atoms with E-state index in [-0.39, 0.29) is 17.7 Å². The fraction of sp³-hybridized carbons (Fsp3) is 0.467. The molecule has 0 bridgehead atoms. The van der Waals surface area contributed by atoms with Crippen LogP contribution in [0.25, 0.3) is 0 Å². The Hall–Kier alpha value is -1.62. The van der Waals surface area contributed by atoms with E-state index in [0.717, 1.165) is 0 Å². The summed E-state index contributed by atoms with van der Waals surface area (Å²) >= 11 is 5.98. The Balaban J connectivity index is 2.06. The molecule has 1 fully saturated rings. The van der Waals surface area contributed by atoms with Gasteiger partial charge in [0.05, 0.1) is 0 Å². The highest BCUT2D eigenvalue weighted by molar-refractivity contribution is 6.31. The van der Waals surface area contributed by atoms with Crippen LogP contribution >= 0.6 is 11.6 Å². The number of hydrogen-bond acceptors (Lipinski definition) is 2. The molecule has 0 saturated heterocycles. The van der Waals surface area contributed by atoms with Gasteiger partial charge in [0.1, 0.15) is 11.9 Å². The van der Waals surface area contributed by atoms with E-state index in [0.29, 0.717) is 17.0 Å². The van der Waals surface area contributed by atoms with Gasteiger partial charge < -0.3 is 10.4 Å². The van der Waals surface area contributed by atoms with Crippen LogP contribution in [0.15, 0.2) is 18.2 Å². The molecule has 1 aromatic carbocycles. The number of carboxylic acid groups (broad SMARTS) is 1. The number of amides is 1. The number of carbonyl (C=O) groups excluding carboxylic acids is 1. The maximum Gasteiger partial charge on any atom is 0.326 e. The molecule has 21 heavy (non-hydrogen) atoms. The van der Waals surface area contributed by atoms with Crippen LogP contribution in [0.2, 0.25) is 5.02 Å². The zero-order valence-corrected chi connectivity index (χ0v) is 12.5. The molecule has 3 atom stereocenters. The molecular formula is C15H17ClFNO3. The van der Waals surface area contributed by atoms with Gasteiger partial charge in [0, 0.05) is 22.4 Å². The molecule has 0 heterocycles. The van der Waals surface area contributed by atoms with Gasteiger partial charge in [-0.25, -0.2) is 9.18 Å². The minimum absolute atomic E-state index is 0.222. The zero-order chi connectivity index (χ0) is 15.7. The number of carboxylic acids is 1. The fourth-order valence-corrected chi connectivity index (χ4v) is 2.75. The van der Waals surface area contributed by atoms with Crippen molar-refractivity contribution in [2.45, 2.75) is 32.2 Å². The van der Waals surface area contributed by atoms with Crippen molar-refractivity contribution >= 4 is 23.5 Å². The van der Waals surface area contributed by atoms with Crippen LogP contribution in [0.4, 0.5) is 4.39 Å². The van der Waals surface area contributed by atoms with Gasteiger partial charge in [0.15, 0.2) is 0 Å². The normalized spacial score (nSPS) is 22.0. The van der Waals surface area contributed by atoms with Gasteiger partial charge in [0.2, 0.25) is 5.91 Å². The lowest BCUT2D eigenvalue weighted by Gasteiger charge is -2.18. The maximum absolute atomic E-state index is 13.8. The molecule has 0 aliphatic heterocycles. The van der Waals surface area contributed by atoms with E-state index in [1.807, 2.05) is 0 Å². The minimum atomic E-state index is -1.07. The topological polar surface area (TPSA) is 66.4 Å². The average molecular weight is 314 g/mol. The van der Waals surface area contributed by atoms with Gasteiger partial charge in [-0.3, -0.25) is 4.79 Å². The molecule has 2 rings (SSSR count). The summed E-state index contributed by atoms with van der Waals surface area (Å²) in [7, 11) is 0. The second-order valence-electron chi connectivity index (χ2n) is 5.65. The van der Waals surface area contributed by atoms with Crippen molar-refractivity contribution in [3.05, 3.63) is 34.6 Å². The van der Waals surface area contributed by atoms with E-state index >= 15 is 0 Å². The third-order valence-electron chi connectivity index (χ3n) is 3.73. The van der Waals surface area contributed by atoms with E-state index in [4.69, 9.17) is 16.7 Å². The first-order valence-electron chi connectivity index (χ1n) is 6.80. The molecule has 0 spiro atoms. The molecule has 3 unspecified atom stereocenters. The summed E-state index contributed by atoms with van der Waals surface area (Å²) in [4.78, 5) is 23.2. The second kappa shape index (κ2) is 6.02. The average Bonchev–Trinajstić information content (AvgIpc) is 3.15.